The molecule has 7 nitrogen and oxygen atoms in total. The van der Waals surface area contributed by atoms with Gasteiger partial charge in [0.2, 0.25) is 0 Å². The van der Waals surface area contributed by atoms with Gasteiger partial charge < -0.3 is 10.2 Å². The van der Waals surface area contributed by atoms with Gasteiger partial charge in [0, 0.05) is 43.3 Å². The number of aryl methyl sites for hydroxylation is 1. The minimum atomic E-state index is 0.427. The molecule has 0 unspecified atom stereocenters. The van der Waals surface area contributed by atoms with E-state index < -0.39 is 0 Å². The van der Waals surface area contributed by atoms with Crippen LogP contribution in [0.5, 0.6) is 0 Å². The summed E-state index contributed by atoms with van der Waals surface area (Å²) in [5, 5.41) is 3.50. The number of aromatic nitrogens is 5. The van der Waals surface area contributed by atoms with Gasteiger partial charge in [-0.3, -0.25) is 4.98 Å². The molecule has 0 bridgehead atoms. The van der Waals surface area contributed by atoms with Crippen LogP contribution in [0.2, 0.25) is 0 Å². The molecule has 3 aromatic heterocycles. The number of hydrogen-bond acceptors (Lipinski definition) is 7. The van der Waals surface area contributed by atoms with Gasteiger partial charge in [-0.1, -0.05) is 0 Å². The molecule has 1 N–H and O–H groups in total. The Kier molecular flexibility index (Phi) is 3.90. The summed E-state index contributed by atoms with van der Waals surface area (Å²) in [5.74, 6) is 1.87. The molecule has 1 aliphatic rings. The quantitative estimate of drug-likeness (QED) is 0.792. The minimum Gasteiger partial charge on any atom is -0.367 e. The van der Waals surface area contributed by atoms with E-state index in [4.69, 9.17) is 0 Å². The van der Waals surface area contributed by atoms with Crippen molar-refractivity contribution in [3.8, 4) is 0 Å². The fourth-order valence-electron chi connectivity index (χ4n) is 3.02. The van der Waals surface area contributed by atoms with Crippen LogP contribution in [0.1, 0.15) is 18.5 Å². The van der Waals surface area contributed by atoms with Crippen LogP contribution in [0.15, 0.2) is 36.9 Å². The smallest absolute Gasteiger partial charge is 0.180 e. The first-order valence-electron chi connectivity index (χ1n) is 8.16. The zero-order chi connectivity index (χ0) is 16.4. The third-order valence-electron chi connectivity index (χ3n) is 4.29. The SMILES string of the molecule is Cc1cc(NC2CCN(c3ccc4nccnc4n3)CC2)ncn1. The monoisotopic (exact) mass is 321 g/mol. The summed E-state index contributed by atoms with van der Waals surface area (Å²) in [7, 11) is 0. The largest absolute Gasteiger partial charge is 0.367 e. The van der Waals surface area contributed by atoms with Crippen LogP contribution in [-0.2, 0) is 0 Å². The molecule has 4 rings (SSSR count). The fraction of sp³-hybridized carbons (Fsp3) is 0.353. The van der Waals surface area contributed by atoms with E-state index in [1.807, 2.05) is 25.1 Å². The number of piperidine rings is 1. The Morgan fingerprint density at radius 1 is 1.04 bits per heavy atom. The molecule has 0 aromatic carbocycles. The van der Waals surface area contributed by atoms with Crippen LogP contribution in [0, 0.1) is 6.92 Å². The zero-order valence-corrected chi connectivity index (χ0v) is 13.6. The zero-order valence-electron chi connectivity index (χ0n) is 13.6. The van der Waals surface area contributed by atoms with Gasteiger partial charge in [-0.15, -0.1) is 0 Å². The van der Waals surface area contributed by atoms with Crippen LogP contribution < -0.4 is 10.2 Å². The Bertz CT molecular complexity index is 843. The van der Waals surface area contributed by atoms with Crippen LogP contribution in [0.25, 0.3) is 11.2 Å². The molecule has 3 aromatic rings. The molecule has 1 aliphatic heterocycles. The average Bonchev–Trinajstić information content (AvgIpc) is 2.62. The highest BCUT2D eigenvalue weighted by atomic mass is 15.2. The van der Waals surface area contributed by atoms with E-state index in [0.717, 1.165) is 48.8 Å². The number of fused-ring (bicyclic) bond motifs is 1. The summed E-state index contributed by atoms with van der Waals surface area (Å²) in [6.45, 7) is 3.89. The number of nitrogens with one attached hydrogen (secondary N) is 1. The van der Waals surface area contributed by atoms with Crippen molar-refractivity contribution in [2.24, 2.45) is 0 Å². The summed E-state index contributed by atoms with van der Waals surface area (Å²) in [4.78, 5) is 23.9. The molecule has 1 saturated heterocycles. The predicted molar refractivity (Wildman–Crippen MR) is 93.0 cm³/mol. The number of nitrogens with zero attached hydrogens (tertiary/aromatic N) is 6. The molecule has 0 saturated carbocycles. The molecular weight excluding hydrogens is 302 g/mol. The van der Waals surface area contributed by atoms with Crippen molar-refractivity contribution in [3.05, 3.63) is 42.6 Å². The second-order valence-electron chi connectivity index (χ2n) is 6.02. The molecule has 24 heavy (non-hydrogen) atoms. The van der Waals surface area contributed by atoms with Gasteiger partial charge >= 0.3 is 0 Å². The number of pyridine rings is 1. The summed E-state index contributed by atoms with van der Waals surface area (Å²) in [5.41, 5.74) is 2.51. The lowest BCUT2D eigenvalue weighted by molar-refractivity contribution is 0.522. The van der Waals surface area contributed by atoms with Crippen LogP contribution in [0.4, 0.5) is 11.6 Å². The molecule has 0 amide bonds. The van der Waals surface area contributed by atoms with Gasteiger partial charge in [0.25, 0.3) is 0 Å². The van der Waals surface area contributed by atoms with Crippen molar-refractivity contribution < 1.29 is 0 Å². The van der Waals surface area contributed by atoms with Gasteiger partial charge in [-0.05, 0) is 31.9 Å². The van der Waals surface area contributed by atoms with Crippen molar-refractivity contribution in [2.45, 2.75) is 25.8 Å². The van der Waals surface area contributed by atoms with Crippen LogP contribution in [0.3, 0.4) is 0 Å². The molecule has 122 valence electrons. The maximum absolute atomic E-state index is 4.63. The van der Waals surface area contributed by atoms with E-state index >= 15 is 0 Å². The Hall–Kier alpha value is -2.83. The Labute approximate surface area is 140 Å². The Morgan fingerprint density at radius 3 is 2.71 bits per heavy atom. The predicted octanol–water partition coefficient (Wildman–Crippen LogP) is 2.20. The molecular formula is C17H19N7. The van der Waals surface area contributed by atoms with Crippen molar-refractivity contribution in [1.29, 1.82) is 0 Å². The highest BCUT2D eigenvalue weighted by Gasteiger charge is 2.20. The summed E-state index contributed by atoms with van der Waals surface area (Å²) in [6.07, 6.45) is 7.06. The van der Waals surface area contributed by atoms with E-state index in [1.165, 1.54) is 0 Å². The first-order chi connectivity index (χ1) is 11.8. The van der Waals surface area contributed by atoms with Gasteiger partial charge in [-0.2, -0.15) is 0 Å². The molecule has 0 spiro atoms. The van der Waals surface area contributed by atoms with Gasteiger partial charge in [0.15, 0.2) is 5.65 Å². The maximum Gasteiger partial charge on any atom is 0.180 e. The highest BCUT2D eigenvalue weighted by Crippen LogP contribution is 2.21. The van der Waals surface area contributed by atoms with Crippen molar-refractivity contribution in [2.75, 3.05) is 23.3 Å². The van der Waals surface area contributed by atoms with E-state index in [1.54, 1.807) is 18.7 Å². The first kappa shape index (κ1) is 14.7. The molecule has 7 heteroatoms. The van der Waals surface area contributed by atoms with Crippen LogP contribution in [-0.4, -0.2) is 44.1 Å². The maximum atomic E-state index is 4.63. The van der Waals surface area contributed by atoms with Crippen molar-refractivity contribution in [3.63, 3.8) is 0 Å². The lowest BCUT2D eigenvalue weighted by atomic mass is 10.0. The van der Waals surface area contributed by atoms with Gasteiger partial charge in [-0.25, -0.2) is 19.9 Å². The van der Waals surface area contributed by atoms with E-state index in [9.17, 15) is 0 Å². The molecule has 0 radical (unpaired) electrons. The van der Waals surface area contributed by atoms with Crippen molar-refractivity contribution >= 4 is 22.8 Å². The minimum absolute atomic E-state index is 0.427. The molecule has 1 fully saturated rings. The standard InChI is InChI=1S/C17H19N7/c1-12-10-15(21-11-20-12)22-13-4-8-24(9-5-13)16-3-2-14-17(23-16)19-7-6-18-14/h2-3,6-7,10-11,13H,4-5,8-9H2,1H3,(H,20,21,22). The summed E-state index contributed by atoms with van der Waals surface area (Å²) < 4.78 is 0. The van der Waals surface area contributed by atoms with Crippen molar-refractivity contribution in [1.82, 2.24) is 24.9 Å². The second kappa shape index (κ2) is 6.35. The highest BCUT2D eigenvalue weighted by molar-refractivity contribution is 5.71. The molecule has 0 atom stereocenters. The first-order valence-corrected chi connectivity index (χ1v) is 8.16. The third-order valence-corrected chi connectivity index (χ3v) is 4.29. The van der Waals surface area contributed by atoms with E-state index in [0.29, 0.717) is 11.7 Å². The van der Waals surface area contributed by atoms with Gasteiger partial charge in [0.1, 0.15) is 23.5 Å². The Balaban J connectivity index is 1.41. The number of rotatable bonds is 3. The summed E-state index contributed by atoms with van der Waals surface area (Å²) in [6, 6.07) is 6.42. The second-order valence-corrected chi connectivity index (χ2v) is 6.02. The number of anilines is 2. The molecule has 4 heterocycles. The topological polar surface area (TPSA) is 79.7 Å². The average molecular weight is 321 g/mol. The lowest BCUT2D eigenvalue weighted by Crippen LogP contribution is -2.39. The fourth-order valence-corrected chi connectivity index (χ4v) is 3.02. The third kappa shape index (κ3) is 3.10. The summed E-state index contributed by atoms with van der Waals surface area (Å²) >= 11 is 0. The molecule has 0 aliphatic carbocycles. The van der Waals surface area contributed by atoms with Gasteiger partial charge in [0.05, 0.1) is 0 Å². The van der Waals surface area contributed by atoms with Crippen LogP contribution >= 0.6 is 0 Å². The normalized spacial score (nSPS) is 15.6. The lowest BCUT2D eigenvalue weighted by Gasteiger charge is -2.33. The number of hydrogen-bond donors (Lipinski definition) is 1. The Morgan fingerprint density at radius 2 is 1.88 bits per heavy atom. The van der Waals surface area contributed by atoms with E-state index in [-0.39, 0.29) is 0 Å². The van der Waals surface area contributed by atoms with E-state index in [2.05, 4.69) is 35.1 Å².